The van der Waals surface area contributed by atoms with Crippen LogP contribution in [0.3, 0.4) is 0 Å². The van der Waals surface area contributed by atoms with Crippen LogP contribution in [0.1, 0.15) is 6.92 Å². The van der Waals surface area contributed by atoms with Gasteiger partial charge in [-0.3, -0.25) is 4.79 Å². The smallest absolute Gasteiger partial charge is 0.189 e. The van der Waals surface area contributed by atoms with Crippen molar-refractivity contribution in [2.75, 3.05) is 6.61 Å². The quantitative estimate of drug-likeness (QED) is 0.468. The second kappa shape index (κ2) is 4.80. The summed E-state index contributed by atoms with van der Waals surface area (Å²) < 4.78 is 13.5. The van der Waals surface area contributed by atoms with Crippen LogP contribution in [-0.4, -0.2) is 34.8 Å². The van der Waals surface area contributed by atoms with Crippen molar-refractivity contribution in [2.45, 2.75) is 19.1 Å². The van der Waals surface area contributed by atoms with Gasteiger partial charge in [-0.25, -0.2) is 0 Å². The molecule has 0 rings (SSSR count). The molecule has 0 saturated heterocycles. The fourth-order valence-corrected chi connectivity index (χ4v) is 0.782. The van der Waals surface area contributed by atoms with Gasteiger partial charge in [0, 0.05) is 0 Å². The van der Waals surface area contributed by atoms with Crippen LogP contribution < -0.4 is 9.79 Å². The van der Waals surface area contributed by atoms with E-state index in [0.717, 1.165) is 6.92 Å². The number of phosphoric ester groups is 1. The Balaban J connectivity index is 3.96. The molecule has 0 spiro atoms. The summed E-state index contributed by atoms with van der Waals surface area (Å²) in [4.78, 5) is 30.5. The highest BCUT2D eigenvalue weighted by atomic mass is 31.2. The molecular weight excluding hydrogens is 203 g/mol. The zero-order chi connectivity index (χ0) is 10.6. The van der Waals surface area contributed by atoms with E-state index < -0.39 is 32.4 Å². The van der Waals surface area contributed by atoms with Crippen molar-refractivity contribution in [2.24, 2.45) is 0 Å². The number of carbonyl (C=O) groups is 1. The molecule has 0 aromatic rings. The first-order chi connectivity index (χ1) is 5.74. The van der Waals surface area contributed by atoms with Gasteiger partial charge in [-0.1, -0.05) is 0 Å². The number of rotatable bonds is 5. The van der Waals surface area contributed by atoms with Crippen molar-refractivity contribution < 1.29 is 33.9 Å². The lowest BCUT2D eigenvalue weighted by Gasteiger charge is -2.28. The van der Waals surface area contributed by atoms with Gasteiger partial charge in [-0.15, -0.1) is 0 Å². The van der Waals surface area contributed by atoms with Gasteiger partial charge in [-0.05, 0) is 6.92 Å². The third kappa shape index (κ3) is 5.87. The van der Waals surface area contributed by atoms with Gasteiger partial charge in [0.05, 0.1) is 13.9 Å². The summed E-state index contributed by atoms with van der Waals surface area (Å²) in [6.07, 6.45) is -3.08. The number of hydrogen-bond donors (Lipinski definition) is 2. The molecule has 0 amide bonds. The fraction of sp³-hybridized carbons (Fsp3) is 0.800. The van der Waals surface area contributed by atoms with Gasteiger partial charge in [0.2, 0.25) is 0 Å². The van der Waals surface area contributed by atoms with E-state index in [9.17, 15) is 19.1 Å². The summed E-state index contributed by atoms with van der Waals surface area (Å²) in [5.74, 6) is -1.07. The molecule has 0 aliphatic carbocycles. The predicted octanol–water partition coefficient (Wildman–Crippen LogP) is -2.86. The molecule has 0 bridgehead atoms. The van der Waals surface area contributed by atoms with E-state index in [-0.39, 0.29) is 0 Å². The zero-order valence-electron chi connectivity index (χ0n) is 6.74. The molecule has 0 fully saturated rings. The maximum atomic E-state index is 10.7. The highest BCUT2D eigenvalue weighted by Crippen LogP contribution is 2.24. The first-order valence-corrected chi connectivity index (χ1v) is 4.75. The van der Waals surface area contributed by atoms with E-state index >= 15 is 0 Å². The molecule has 2 atom stereocenters. The molecule has 0 aromatic carbocycles. The number of hydrogen-bond acceptors (Lipinski definition) is 7. The second-order valence-electron chi connectivity index (χ2n) is 2.37. The SMILES string of the molecule is C[C@H](O)[C@@H](O)C(=O)COP(=O)([O-])[O-]. The summed E-state index contributed by atoms with van der Waals surface area (Å²) in [5, 5.41) is 17.5. The lowest BCUT2D eigenvalue weighted by atomic mass is 10.1. The second-order valence-corrected chi connectivity index (χ2v) is 3.53. The Kier molecular flexibility index (Phi) is 4.69. The van der Waals surface area contributed by atoms with Gasteiger partial charge in [0.25, 0.3) is 0 Å². The van der Waals surface area contributed by atoms with E-state index in [0.29, 0.717) is 0 Å². The van der Waals surface area contributed by atoms with Gasteiger partial charge < -0.3 is 29.1 Å². The summed E-state index contributed by atoms with van der Waals surface area (Å²) in [7, 11) is -5.20. The molecule has 0 aliphatic heterocycles. The minimum absolute atomic E-state index is 1.06. The topological polar surface area (TPSA) is 130 Å². The van der Waals surface area contributed by atoms with E-state index in [1.165, 1.54) is 0 Å². The van der Waals surface area contributed by atoms with E-state index in [4.69, 9.17) is 10.2 Å². The number of ketones is 1. The number of Topliss-reactive ketones (excluding diaryl/α,β-unsaturated/α-hetero) is 1. The van der Waals surface area contributed by atoms with E-state index in [1.54, 1.807) is 0 Å². The Morgan fingerprint density at radius 2 is 2.00 bits per heavy atom. The Morgan fingerprint density at radius 1 is 1.54 bits per heavy atom. The Morgan fingerprint density at radius 3 is 2.31 bits per heavy atom. The molecule has 7 nitrogen and oxygen atoms in total. The average Bonchev–Trinajstić information content (AvgIpc) is 1.97. The van der Waals surface area contributed by atoms with Gasteiger partial charge in [0.1, 0.15) is 12.7 Å². The van der Waals surface area contributed by atoms with Crippen molar-refractivity contribution in [1.82, 2.24) is 0 Å². The van der Waals surface area contributed by atoms with Crippen LogP contribution >= 0.6 is 7.82 Å². The van der Waals surface area contributed by atoms with Crippen LogP contribution in [0.2, 0.25) is 0 Å². The molecule has 0 saturated carbocycles. The van der Waals surface area contributed by atoms with Crippen LogP contribution in [0.15, 0.2) is 0 Å². The monoisotopic (exact) mass is 212 g/mol. The minimum Gasteiger partial charge on any atom is -0.790 e. The van der Waals surface area contributed by atoms with Crippen LogP contribution in [0.5, 0.6) is 0 Å². The number of carbonyl (C=O) groups excluding carboxylic acids is 1. The van der Waals surface area contributed by atoms with Crippen molar-refractivity contribution in [3.05, 3.63) is 0 Å². The van der Waals surface area contributed by atoms with Crippen LogP contribution in [0.25, 0.3) is 0 Å². The molecule has 78 valence electrons. The summed E-state index contributed by atoms with van der Waals surface area (Å²) in [6, 6.07) is 0. The average molecular weight is 212 g/mol. The Hall–Kier alpha value is -0.300. The molecular formula is C5H9O7P-2. The molecule has 0 radical (unpaired) electrons. The van der Waals surface area contributed by atoms with Crippen LogP contribution in [0.4, 0.5) is 0 Å². The summed E-state index contributed by atoms with van der Waals surface area (Å²) in [5.41, 5.74) is 0. The molecule has 0 aliphatic rings. The lowest BCUT2D eigenvalue weighted by molar-refractivity contribution is -0.341. The molecule has 0 unspecified atom stereocenters. The maximum Gasteiger partial charge on any atom is 0.189 e. The molecule has 0 aromatic heterocycles. The van der Waals surface area contributed by atoms with E-state index in [2.05, 4.69) is 4.52 Å². The number of phosphoric acid groups is 1. The number of aliphatic hydroxyl groups is 2. The molecule has 0 heterocycles. The lowest BCUT2D eigenvalue weighted by Crippen LogP contribution is -2.35. The summed E-state index contributed by atoms with van der Waals surface area (Å²) >= 11 is 0. The first-order valence-electron chi connectivity index (χ1n) is 3.29. The predicted molar refractivity (Wildman–Crippen MR) is 36.3 cm³/mol. The van der Waals surface area contributed by atoms with Gasteiger partial charge in [0.15, 0.2) is 5.78 Å². The molecule has 8 heteroatoms. The minimum atomic E-state index is -5.20. The number of aliphatic hydroxyl groups excluding tert-OH is 2. The Labute approximate surface area is 74.2 Å². The highest BCUT2D eigenvalue weighted by molar-refractivity contribution is 7.43. The molecule has 2 N–H and O–H groups in total. The van der Waals surface area contributed by atoms with Crippen molar-refractivity contribution >= 4 is 13.6 Å². The van der Waals surface area contributed by atoms with E-state index in [1.807, 2.05) is 0 Å². The standard InChI is InChI=1S/C5H11O7P/c1-3(6)5(8)4(7)2-12-13(9,10)11/h3,5-6,8H,2H2,1H3,(H2,9,10,11)/p-2/t3-,5+/m0/s1. The molecule has 13 heavy (non-hydrogen) atoms. The Bertz CT molecular complexity index is 219. The summed E-state index contributed by atoms with van der Waals surface area (Å²) in [6.45, 7) is 0.0763. The highest BCUT2D eigenvalue weighted by Gasteiger charge is 2.20. The van der Waals surface area contributed by atoms with Crippen LogP contribution in [0, 0.1) is 0 Å². The maximum absolute atomic E-state index is 10.7. The third-order valence-electron chi connectivity index (χ3n) is 1.15. The normalized spacial score (nSPS) is 16.7. The first kappa shape index (κ1) is 12.7. The van der Waals surface area contributed by atoms with Crippen molar-refractivity contribution in [3.63, 3.8) is 0 Å². The van der Waals surface area contributed by atoms with Crippen LogP contribution in [-0.2, 0) is 13.9 Å². The van der Waals surface area contributed by atoms with Crippen molar-refractivity contribution in [1.29, 1.82) is 0 Å². The third-order valence-corrected chi connectivity index (χ3v) is 1.60. The van der Waals surface area contributed by atoms with Gasteiger partial charge >= 0.3 is 0 Å². The van der Waals surface area contributed by atoms with Gasteiger partial charge in [-0.2, -0.15) is 0 Å². The van der Waals surface area contributed by atoms with Crippen molar-refractivity contribution in [3.8, 4) is 0 Å². The zero-order valence-corrected chi connectivity index (χ0v) is 7.64. The largest absolute Gasteiger partial charge is 0.790 e. The fourth-order valence-electron chi connectivity index (χ4n) is 0.497.